The minimum absolute atomic E-state index is 0.0141. The fourth-order valence-corrected chi connectivity index (χ4v) is 4.03. The Hall–Kier alpha value is -2.71. The first-order valence-electron chi connectivity index (χ1n) is 8.41. The molecule has 2 aromatic rings. The fourth-order valence-electron chi connectivity index (χ4n) is 2.69. The Balaban J connectivity index is 1.96. The zero-order chi connectivity index (χ0) is 23.1. The van der Waals surface area contributed by atoms with E-state index in [4.69, 9.17) is 11.6 Å². The monoisotopic (exact) mass is 484 g/mol. The number of anilines is 1. The van der Waals surface area contributed by atoms with Crippen LogP contribution in [0.1, 0.15) is 12.5 Å². The zero-order valence-electron chi connectivity index (χ0n) is 15.9. The molecule has 14 heteroatoms. The van der Waals surface area contributed by atoms with Crippen molar-refractivity contribution in [1.29, 1.82) is 0 Å². The van der Waals surface area contributed by atoms with E-state index in [1.807, 2.05) is 0 Å². The van der Waals surface area contributed by atoms with Crippen molar-refractivity contribution in [3.8, 4) is 0 Å². The second-order valence-corrected chi connectivity index (χ2v) is 9.62. The number of carbonyl (C=O) groups excluding carboxylic acids is 1. The molecule has 3 rings (SSSR count). The molecule has 0 aliphatic carbocycles. The highest BCUT2D eigenvalue weighted by atomic mass is 35.5. The van der Waals surface area contributed by atoms with Gasteiger partial charge in [0.05, 0.1) is 21.2 Å². The Kier molecular flexibility index (Phi) is 5.99. The lowest BCUT2D eigenvalue weighted by atomic mass is 10.2. The maximum atomic E-state index is 12.7. The van der Waals surface area contributed by atoms with Crippen LogP contribution in [0.25, 0.3) is 0 Å². The molecule has 1 unspecified atom stereocenters. The summed E-state index contributed by atoms with van der Waals surface area (Å²) in [5, 5.41) is 12.5. The minimum Gasteiger partial charge on any atom is -0.744 e. The smallest absolute Gasteiger partial charge is 0.280 e. The maximum Gasteiger partial charge on any atom is 0.280 e. The number of halogens is 1. The standard InChI is InChI=1S/C17H15ClN4O7S2/c1-9-6-15(31(27,28)29)14(8-13(9)18)19-20-16-10(2)21-22(17(16)23)11-4-3-5-12(7-11)30(24,25)26/h3-8,16H,1-2H3,(H,24,25,26)(H,27,28,29)/p-2. The molecule has 0 saturated carbocycles. The number of nitrogens with zero attached hydrogens (tertiary/aromatic N) is 4. The van der Waals surface area contributed by atoms with E-state index in [-0.39, 0.29) is 22.1 Å². The van der Waals surface area contributed by atoms with Crippen LogP contribution in [0.5, 0.6) is 0 Å². The van der Waals surface area contributed by atoms with Gasteiger partial charge in [0.2, 0.25) is 0 Å². The molecule has 0 spiro atoms. The highest BCUT2D eigenvalue weighted by molar-refractivity contribution is 7.86. The lowest BCUT2D eigenvalue weighted by Crippen LogP contribution is -2.29. The van der Waals surface area contributed by atoms with Gasteiger partial charge < -0.3 is 9.11 Å². The van der Waals surface area contributed by atoms with Crippen molar-refractivity contribution in [2.45, 2.75) is 29.7 Å². The molecule has 0 saturated heterocycles. The van der Waals surface area contributed by atoms with Crippen molar-refractivity contribution in [1.82, 2.24) is 0 Å². The zero-order valence-corrected chi connectivity index (χ0v) is 18.3. The number of carbonyl (C=O) groups is 1. The van der Waals surface area contributed by atoms with Crippen LogP contribution in [0.2, 0.25) is 5.02 Å². The lowest BCUT2D eigenvalue weighted by Gasteiger charge is -2.15. The molecule has 31 heavy (non-hydrogen) atoms. The van der Waals surface area contributed by atoms with Crippen molar-refractivity contribution in [2.24, 2.45) is 15.3 Å². The van der Waals surface area contributed by atoms with Crippen molar-refractivity contribution < 1.29 is 30.7 Å². The minimum atomic E-state index is -4.89. The molecular formula is C17H13ClN4O7S2-2. The molecule has 0 radical (unpaired) electrons. The second kappa shape index (κ2) is 8.09. The third-order valence-electron chi connectivity index (χ3n) is 4.24. The Morgan fingerprint density at radius 2 is 1.74 bits per heavy atom. The summed E-state index contributed by atoms with van der Waals surface area (Å²) in [7, 11) is -9.64. The van der Waals surface area contributed by atoms with Crippen LogP contribution in [0.4, 0.5) is 11.4 Å². The van der Waals surface area contributed by atoms with Gasteiger partial charge in [0.15, 0.2) is 6.04 Å². The number of amides is 1. The number of azo groups is 1. The maximum absolute atomic E-state index is 12.7. The molecule has 2 aromatic carbocycles. The van der Waals surface area contributed by atoms with Crippen LogP contribution in [0.15, 0.2) is 61.5 Å². The van der Waals surface area contributed by atoms with Gasteiger partial charge in [-0.3, -0.25) is 4.79 Å². The largest absolute Gasteiger partial charge is 0.744 e. The number of rotatable bonds is 5. The summed E-state index contributed by atoms with van der Waals surface area (Å²) < 4.78 is 68.2. The number of hydrogen-bond donors (Lipinski definition) is 0. The first-order chi connectivity index (χ1) is 14.3. The van der Waals surface area contributed by atoms with Crippen molar-refractivity contribution in [3.63, 3.8) is 0 Å². The van der Waals surface area contributed by atoms with Crippen LogP contribution in [-0.4, -0.2) is 43.6 Å². The Morgan fingerprint density at radius 3 is 2.35 bits per heavy atom. The average molecular weight is 485 g/mol. The molecule has 1 amide bonds. The van der Waals surface area contributed by atoms with Crippen LogP contribution < -0.4 is 5.01 Å². The van der Waals surface area contributed by atoms with E-state index in [1.165, 1.54) is 26.0 Å². The predicted octanol–water partition coefficient (Wildman–Crippen LogP) is 2.33. The van der Waals surface area contributed by atoms with Gasteiger partial charge in [-0.05, 0) is 49.7 Å². The van der Waals surface area contributed by atoms with Gasteiger partial charge in [0.25, 0.3) is 5.91 Å². The quantitative estimate of drug-likeness (QED) is 0.462. The summed E-state index contributed by atoms with van der Waals surface area (Å²) in [4.78, 5) is 11.5. The van der Waals surface area contributed by atoms with E-state index in [9.17, 15) is 30.7 Å². The summed E-state index contributed by atoms with van der Waals surface area (Å²) in [6.07, 6.45) is 0. The number of benzene rings is 2. The second-order valence-electron chi connectivity index (χ2n) is 6.48. The third-order valence-corrected chi connectivity index (χ3v) is 6.34. The first-order valence-corrected chi connectivity index (χ1v) is 11.6. The van der Waals surface area contributed by atoms with E-state index in [0.717, 1.165) is 29.3 Å². The number of hydrogen-bond acceptors (Lipinski definition) is 10. The normalized spacial score (nSPS) is 17.5. The van der Waals surface area contributed by atoms with Gasteiger partial charge in [-0.2, -0.15) is 20.3 Å². The highest BCUT2D eigenvalue weighted by Gasteiger charge is 2.35. The van der Waals surface area contributed by atoms with E-state index in [1.54, 1.807) is 0 Å². The van der Waals surface area contributed by atoms with E-state index in [2.05, 4.69) is 15.3 Å². The average Bonchev–Trinajstić information content (AvgIpc) is 2.95. The molecule has 164 valence electrons. The summed E-state index contributed by atoms with van der Waals surface area (Å²) >= 11 is 5.97. The molecule has 11 nitrogen and oxygen atoms in total. The molecule has 1 aliphatic rings. The molecule has 0 fully saturated rings. The van der Waals surface area contributed by atoms with E-state index >= 15 is 0 Å². The molecule has 1 heterocycles. The molecular weight excluding hydrogens is 472 g/mol. The Morgan fingerprint density at radius 1 is 1.06 bits per heavy atom. The van der Waals surface area contributed by atoms with Crippen molar-refractivity contribution in [3.05, 3.63) is 47.0 Å². The lowest BCUT2D eigenvalue weighted by molar-refractivity contribution is -0.117. The van der Waals surface area contributed by atoms with Gasteiger partial charge in [-0.25, -0.2) is 16.8 Å². The molecule has 0 N–H and O–H groups in total. The van der Waals surface area contributed by atoms with Crippen LogP contribution in [-0.2, 0) is 25.0 Å². The SMILES string of the molecule is CC1=NN(c2cccc(S(=O)(=O)[O-])c2)C(=O)C1N=Nc1cc(Cl)c(C)cc1S(=O)(=O)[O-]. The first kappa shape index (κ1) is 23.0. The van der Waals surface area contributed by atoms with Gasteiger partial charge in [-0.1, -0.05) is 17.7 Å². The van der Waals surface area contributed by atoms with Gasteiger partial charge in [-0.15, -0.1) is 0 Å². The van der Waals surface area contributed by atoms with Gasteiger partial charge in [0.1, 0.15) is 25.9 Å². The predicted molar refractivity (Wildman–Crippen MR) is 107 cm³/mol. The van der Waals surface area contributed by atoms with Crippen LogP contribution in [0, 0.1) is 6.92 Å². The summed E-state index contributed by atoms with van der Waals surface area (Å²) in [5.41, 5.74) is 0.169. The number of aryl methyl sites for hydroxylation is 1. The molecule has 0 bridgehead atoms. The summed E-state index contributed by atoms with van der Waals surface area (Å²) in [6, 6.07) is 5.62. The van der Waals surface area contributed by atoms with Crippen LogP contribution in [0.3, 0.4) is 0 Å². The van der Waals surface area contributed by atoms with E-state index in [0.29, 0.717) is 5.56 Å². The third kappa shape index (κ3) is 4.80. The van der Waals surface area contributed by atoms with Crippen molar-refractivity contribution in [2.75, 3.05) is 5.01 Å². The van der Waals surface area contributed by atoms with Crippen LogP contribution >= 0.6 is 11.6 Å². The van der Waals surface area contributed by atoms with Gasteiger partial charge >= 0.3 is 0 Å². The summed E-state index contributed by atoms with van der Waals surface area (Å²) in [6.45, 7) is 2.95. The number of hydrazone groups is 1. The molecule has 1 atom stereocenters. The van der Waals surface area contributed by atoms with Crippen molar-refractivity contribution >= 4 is 54.8 Å². The molecule has 0 aromatic heterocycles. The van der Waals surface area contributed by atoms with E-state index < -0.39 is 42.0 Å². The van der Waals surface area contributed by atoms with Gasteiger partial charge in [0, 0.05) is 5.02 Å². The Labute approximate surface area is 182 Å². The topological polar surface area (TPSA) is 172 Å². The Bertz CT molecular complexity index is 1350. The summed E-state index contributed by atoms with van der Waals surface area (Å²) in [5.74, 6) is -0.730. The highest BCUT2D eigenvalue weighted by Crippen LogP contribution is 2.32. The molecule has 1 aliphatic heterocycles. The fraction of sp³-hybridized carbons (Fsp3) is 0.176.